The fraction of sp³-hybridized carbons (Fsp3) is 0.625. The molecule has 1 unspecified atom stereocenters. The van der Waals surface area contributed by atoms with Crippen LogP contribution >= 0.6 is 0 Å². The van der Waals surface area contributed by atoms with Gasteiger partial charge in [-0.1, -0.05) is 32.9 Å². The van der Waals surface area contributed by atoms with Crippen LogP contribution in [0.15, 0.2) is 24.3 Å². The fourth-order valence-corrected chi connectivity index (χ4v) is 1.80. The third-order valence-electron chi connectivity index (χ3n) is 3.29. The highest BCUT2D eigenvalue weighted by molar-refractivity contribution is 5.31. The number of nitrogens with two attached hydrogens (primary N) is 1. The van der Waals surface area contributed by atoms with Gasteiger partial charge in [-0.15, -0.1) is 0 Å². The van der Waals surface area contributed by atoms with Gasteiger partial charge in [0.15, 0.2) is 0 Å². The van der Waals surface area contributed by atoms with Crippen LogP contribution < -0.4 is 10.5 Å². The first-order valence-corrected chi connectivity index (χ1v) is 6.90. The molecule has 0 bridgehead atoms. The van der Waals surface area contributed by atoms with E-state index >= 15 is 0 Å². The maximum Gasteiger partial charge on any atom is 0.119 e. The molecule has 1 atom stereocenters. The van der Waals surface area contributed by atoms with E-state index in [0.717, 1.165) is 12.2 Å². The Hall–Kier alpha value is -1.06. The van der Waals surface area contributed by atoms with E-state index in [2.05, 4.69) is 32.9 Å². The van der Waals surface area contributed by atoms with Crippen molar-refractivity contribution in [1.82, 2.24) is 0 Å². The molecule has 1 aromatic rings. The van der Waals surface area contributed by atoms with Gasteiger partial charge in [-0.05, 0) is 42.9 Å². The highest BCUT2D eigenvalue weighted by Crippen LogP contribution is 2.24. The molecule has 0 aliphatic rings. The minimum absolute atomic E-state index is 0.165. The lowest BCUT2D eigenvalue weighted by atomic mass is 9.87. The Morgan fingerprint density at radius 1 is 1.11 bits per heavy atom. The summed E-state index contributed by atoms with van der Waals surface area (Å²) in [6.07, 6.45) is 1.45. The van der Waals surface area contributed by atoms with Crippen LogP contribution in [0.2, 0.25) is 0 Å². The molecule has 1 rings (SSSR count). The Bertz CT molecular complexity index is 377. The standard InChI is InChI=1S/C16H27NO2/c1-15(2,3)13-6-8-14(9-7-13)19-11-5-10-16(4,18)12-17/h6-9,18H,5,10-12,17H2,1-4H3. The van der Waals surface area contributed by atoms with Crippen molar-refractivity contribution in [2.24, 2.45) is 5.73 Å². The van der Waals surface area contributed by atoms with Gasteiger partial charge in [0.05, 0.1) is 12.2 Å². The Morgan fingerprint density at radius 3 is 2.16 bits per heavy atom. The van der Waals surface area contributed by atoms with Crippen LogP contribution in [0.5, 0.6) is 5.75 Å². The van der Waals surface area contributed by atoms with Crippen LogP contribution in [0.1, 0.15) is 46.1 Å². The summed E-state index contributed by atoms with van der Waals surface area (Å²) >= 11 is 0. The molecule has 0 aliphatic carbocycles. The molecular weight excluding hydrogens is 238 g/mol. The van der Waals surface area contributed by atoms with E-state index in [0.29, 0.717) is 13.0 Å². The van der Waals surface area contributed by atoms with Crippen molar-refractivity contribution in [2.45, 2.75) is 51.6 Å². The molecule has 0 aliphatic heterocycles. The van der Waals surface area contributed by atoms with Gasteiger partial charge >= 0.3 is 0 Å². The monoisotopic (exact) mass is 265 g/mol. The first-order valence-electron chi connectivity index (χ1n) is 6.90. The quantitative estimate of drug-likeness (QED) is 0.778. The zero-order valence-electron chi connectivity index (χ0n) is 12.6. The molecule has 1 aromatic carbocycles. The summed E-state index contributed by atoms with van der Waals surface area (Å²) in [5.41, 5.74) is 6.15. The third kappa shape index (κ3) is 5.62. The summed E-state index contributed by atoms with van der Waals surface area (Å²) in [6, 6.07) is 8.21. The second-order valence-electron chi connectivity index (χ2n) is 6.43. The van der Waals surface area contributed by atoms with Crippen molar-refractivity contribution >= 4 is 0 Å². The van der Waals surface area contributed by atoms with Gasteiger partial charge < -0.3 is 15.6 Å². The van der Waals surface area contributed by atoms with Gasteiger partial charge in [0.25, 0.3) is 0 Å². The van der Waals surface area contributed by atoms with Crippen molar-refractivity contribution in [2.75, 3.05) is 13.2 Å². The highest BCUT2D eigenvalue weighted by atomic mass is 16.5. The van der Waals surface area contributed by atoms with E-state index in [1.54, 1.807) is 6.92 Å². The van der Waals surface area contributed by atoms with Crippen molar-refractivity contribution < 1.29 is 9.84 Å². The van der Waals surface area contributed by atoms with Crippen molar-refractivity contribution in [1.29, 1.82) is 0 Å². The zero-order chi connectivity index (χ0) is 14.5. The number of hydrogen-bond acceptors (Lipinski definition) is 3. The molecule has 0 heterocycles. The lowest BCUT2D eigenvalue weighted by Crippen LogP contribution is -2.34. The van der Waals surface area contributed by atoms with Crippen LogP contribution in [0, 0.1) is 0 Å². The lowest BCUT2D eigenvalue weighted by Gasteiger charge is -2.21. The predicted octanol–water partition coefficient (Wildman–Crippen LogP) is 2.85. The number of rotatable bonds is 6. The Morgan fingerprint density at radius 2 is 1.68 bits per heavy atom. The Kier molecular flexibility index (Phi) is 5.39. The number of hydrogen-bond donors (Lipinski definition) is 2. The summed E-state index contributed by atoms with van der Waals surface area (Å²) in [5, 5.41) is 9.77. The van der Waals surface area contributed by atoms with Gasteiger partial charge in [-0.3, -0.25) is 0 Å². The number of aliphatic hydroxyl groups is 1. The van der Waals surface area contributed by atoms with E-state index in [1.807, 2.05) is 12.1 Å². The summed E-state index contributed by atoms with van der Waals surface area (Å²) in [7, 11) is 0. The highest BCUT2D eigenvalue weighted by Gasteiger charge is 2.17. The maximum absolute atomic E-state index is 9.77. The molecule has 3 N–H and O–H groups in total. The molecule has 0 aromatic heterocycles. The topological polar surface area (TPSA) is 55.5 Å². The van der Waals surface area contributed by atoms with Gasteiger partial charge in [0.1, 0.15) is 5.75 Å². The van der Waals surface area contributed by atoms with Crippen molar-refractivity contribution in [3.8, 4) is 5.75 Å². The average molecular weight is 265 g/mol. The molecule has 0 radical (unpaired) electrons. The fourth-order valence-electron chi connectivity index (χ4n) is 1.80. The van der Waals surface area contributed by atoms with Crippen LogP contribution in [0.3, 0.4) is 0 Å². The van der Waals surface area contributed by atoms with E-state index in [4.69, 9.17) is 10.5 Å². The molecule has 19 heavy (non-hydrogen) atoms. The van der Waals surface area contributed by atoms with E-state index in [1.165, 1.54) is 5.56 Å². The third-order valence-corrected chi connectivity index (χ3v) is 3.29. The maximum atomic E-state index is 9.77. The van der Waals surface area contributed by atoms with Crippen molar-refractivity contribution in [3.63, 3.8) is 0 Å². The van der Waals surface area contributed by atoms with Crippen LogP contribution in [-0.4, -0.2) is 23.9 Å². The number of ether oxygens (including phenoxy) is 1. The van der Waals surface area contributed by atoms with E-state index in [-0.39, 0.29) is 12.0 Å². The smallest absolute Gasteiger partial charge is 0.119 e. The van der Waals surface area contributed by atoms with Crippen LogP contribution in [0.25, 0.3) is 0 Å². The molecule has 0 saturated carbocycles. The lowest BCUT2D eigenvalue weighted by molar-refractivity contribution is 0.0536. The SMILES string of the molecule is CC(O)(CN)CCCOc1ccc(C(C)(C)C)cc1. The van der Waals surface area contributed by atoms with E-state index < -0.39 is 5.60 Å². The first-order chi connectivity index (χ1) is 8.74. The first kappa shape index (κ1) is 16.0. The Balaban J connectivity index is 2.39. The van der Waals surface area contributed by atoms with Gasteiger partial charge in [0.2, 0.25) is 0 Å². The minimum atomic E-state index is -0.778. The summed E-state index contributed by atoms with van der Waals surface area (Å²) in [6.45, 7) is 9.22. The predicted molar refractivity (Wildman–Crippen MR) is 79.5 cm³/mol. The van der Waals surface area contributed by atoms with E-state index in [9.17, 15) is 5.11 Å². The minimum Gasteiger partial charge on any atom is -0.494 e. The summed E-state index contributed by atoms with van der Waals surface area (Å²) in [4.78, 5) is 0. The average Bonchev–Trinajstić information content (AvgIpc) is 2.34. The van der Waals surface area contributed by atoms with Crippen molar-refractivity contribution in [3.05, 3.63) is 29.8 Å². The summed E-state index contributed by atoms with van der Waals surface area (Å²) < 4.78 is 5.66. The Labute approximate surface area is 116 Å². The normalized spacial score (nSPS) is 15.1. The second-order valence-corrected chi connectivity index (χ2v) is 6.43. The molecule has 0 saturated heterocycles. The van der Waals surface area contributed by atoms with Gasteiger partial charge in [-0.2, -0.15) is 0 Å². The zero-order valence-corrected chi connectivity index (χ0v) is 12.6. The van der Waals surface area contributed by atoms with Gasteiger partial charge in [-0.25, -0.2) is 0 Å². The summed E-state index contributed by atoms with van der Waals surface area (Å²) in [5.74, 6) is 0.875. The second kappa shape index (κ2) is 6.40. The molecule has 3 nitrogen and oxygen atoms in total. The molecule has 0 amide bonds. The largest absolute Gasteiger partial charge is 0.494 e. The number of benzene rings is 1. The molecule has 3 heteroatoms. The van der Waals surface area contributed by atoms with Gasteiger partial charge in [0, 0.05) is 6.54 Å². The van der Waals surface area contributed by atoms with Crippen LogP contribution in [0.4, 0.5) is 0 Å². The molecule has 0 spiro atoms. The molecular formula is C16H27NO2. The molecule has 0 fully saturated rings. The van der Waals surface area contributed by atoms with Crippen LogP contribution in [-0.2, 0) is 5.41 Å². The molecule has 108 valence electrons.